The zero-order valence-corrected chi connectivity index (χ0v) is 7.97. The molecule has 0 unspecified atom stereocenters. The average molecular weight is 191 g/mol. The molecule has 0 atom stereocenters. The number of rotatable bonds is 2. The van der Waals surface area contributed by atoms with Gasteiger partial charge in [-0.1, -0.05) is 12.7 Å². The van der Waals surface area contributed by atoms with Crippen molar-refractivity contribution in [3.05, 3.63) is 29.1 Å². The van der Waals surface area contributed by atoms with Crippen LogP contribution in [0, 0.1) is 0 Å². The smallest absolute Gasteiger partial charge is 0.352 e. The third-order valence-electron chi connectivity index (χ3n) is 2.76. The monoisotopic (exact) mass is 191 g/mol. The fourth-order valence-corrected chi connectivity index (χ4v) is 2.10. The van der Waals surface area contributed by atoms with Gasteiger partial charge in [0.2, 0.25) is 0 Å². The molecule has 0 bridgehead atoms. The van der Waals surface area contributed by atoms with E-state index in [4.69, 9.17) is 5.11 Å². The molecule has 1 aliphatic rings. The average Bonchev–Trinajstić information content (AvgIpc) is 2.56. The molecule has 3 nitrogen and oxygen atoms in total. The van der Waals surface area contributed by atoms with Crippen molar-refractivity contribution in [2.24, 2.45) is 0 Å². The maximum absolute atomic E-state index is 10.9. The van der Waals surface area contributed by atoms with Crippen LogP contribution in [-0.4, -0.2) is 16.1 Å². The quantitative estimate of drug-likeness (QED) is 0.753. The van der Waals surface area contributed by atoms with Crippen LogP contribution in [0.1, 0.15) is 40.2 Å². The topological polar surface area (TPSA) is 53.1 Å². The van der Waals surface area contributed by atoms with Gasteiger partial charge in [0.1, 0.15) is 5.69 Å². The van der Waals surface area contributed by atoms with Crippen molar-refractivity contribution in [1.29, 1.82) is 0 Å². The highest BCUT2D eigenvalue weighted by atomic mass is 16.4. The van der Waals surface area contributed by atoms with E-state index in [2.05, 4.69) is 11.6 Å². The molecule has 0 radical (unpaired) electrons. The minimum absolute atomic E-state index is 0.298. The molecule has 2 N–H and O–H groups in total. The molecule has 1 aromatic rings. The van der Waals surface area contributed by atoms with Crippen LogP contribution in [0.2, 0.25) is 0 Å². The van der Waals surface area contributed by atoms with Crippen molar-refractivity contribution in [2.75, 3.05) is 0 Å². The Morgan fingerprint density at radius 1 is 1.43 bits per heavy atom. The summed E-state index contributed by atoms with van der Waals surface area (Å²) in [4.78, 5) is 13.9. The summed E-state index contributed by atoms with van der Waals surface area (Å²) in [7, 11) is 0. The highest BCUT2D eigenvalue weighted by molar-refractivity contribution is 5.91. The second kappa shape index (κ2) is 3.33. The first-order chi connectivity index (χ1) is 6.74. The molecule has 0 saturated carbocycles. The standard InChI is InChI=1S/C11H13NO2/c1-2-7-8-5-3-4-6-9(8)12-10(7)11(13)14/h2,12H,1,3-6H2,(H,13,14). The van der Waals surface area contributed by atoms with Crippen LogP contribution in [-0.2, 0) is 12.8 Å². The molecule has 1 aromatic heterocycles. The third-order valence-corrected chi connectivity index (χ3v) is 2.76. The molecule has 14 heavy (non-hydrogen) atoms. The maximum atomic E-state index is 10.9. The van der Waals surface area contributed by atoms with Gasteiger partial charge in [0.05, 0.1) is 0 Å². The number of hydrogen-bond acceptors (Lipinski definition) is 1. The second-order valence-electron chi connectivity index (χ2n) is 3.59. The van der Waals surface area contributed by atoms with Gasteiger partial charge in [0.25, 0.3) is 0 Å². The number of aromatic nitrogens is 1. The number of nitrogens with one attached hydrogen (secondary N) is 1. The van der Waals surface area contributed by atoms with Crippen LogP contribution in [0.5, 0.6) is 0 Å². The minimum Gasteiger partial charge on any atom is -0.477 e. The number of aromatic carboxylic acids is 1. The Hall–Kier alpha value is -1.51. The van der Waals surface area contributed by atoms with Crippen LogP contribution < -0.4 is 0 Å². The van der Waals surface area contributed by atoms with Crippen molar-refractivity contribution in [2.45, 2.75) is 25.7 Å². The lowest BCUT2D eigenvalue weighted by Gasteiger charge is -2.10. The van der Waals surface area contributed by atoms with Gasteiger partial charge < -0.3 is 10.1 Å². The molecule has 1 aliphatic carbocycles. The second-order valence-corrected chi connectivity index (χ2v) is 3.59. The molecular formula is C11H13NO2. The van der Waals surface area contributed by atoms with Crippen LogP contribution >= 0.6 is 0 Å². The van der Waals surface area contributed by atoms with Crippen LogP contribution in [0.3, 0.4) is 0 Å². The van der Waals surface area contributed by atoms with Gasteiger partial charge in [0.15, 0.2) is 0 Å². The molecule has 0 fully saturated rings. The first-order valence-corrected chi connectivity index (χ1v) is 4.83. The number of carbonyl (C=O) groups is 1. The number of hydrogen-bond donors (Lipinski definition) is 2. The molecule has 74 valence electrons. The SMILES string of the molecule is C=Cc1c(C(=O)O)[nH]c2c1CCCC2. The fraction of sp³-hybridized carbons (Fsp3) is 0.364. The number of H-pyrrole nitrogens is 1. The Bertz CT molecular complexity index is 390. The van der Waals surface area contributed by atoms with Crippen LogP contribution in [0.15, 0.2) is 6.58 Å². The molecule has 0 spiro atoms. The third kappa shape index (κ3) is 1.25. The van der Waals surface area contributed by atoms with E-state index in [0.717, 1.165) is 42.5 Å². The molecule has 0 aromatic carbocycles. The number of carboxylic acids is 1. The van der Waals surface area contributed by atoms with Crippen LogP contribution in [0.4, 0.5) is 0 Å². The van der Waals surface area contributed by atoms with Gasteiger partial charge in [-0.2, -0.15) is 0 Å². The number of fused-ring (bicyclic) bond motifs is 1. The minimum atomic E-state index is -0.894. The largest absolute Gasteiger partial charge is 0.477 e. The van der Waals surface area contributed by atoms with Gasteiger partial charge in [-0.05, 0) is 31.2 Å². The highest BCUT2D eigenvalue weighted by Crippen LogP contribution is 2.27. The summed E-state index contributed by atoms with van der Waals surface area (Å²) in [5, 5.41) is 8.97. The predicted octanol–water partition coefficient (Wildman–Crippen LogP) is 2.23. The van der Waals surface area contributed by atoms with Crippen molar-refractivity contribution < 1.29 is 9.90 Å². The van der Waals surface area contributed by atoms with E-state index < -0.39 is 5.97 Å². The van der Waals surface area contributed by atoms with Gasteiger partial charge in [0, 0.05) is 11.3 Å². The number of carboxylic acid groups (broad SMARTS) is 1. The van der Waals surface area contributed by atoms with Crippen molar-refractivity contribution >= 4 is 12.0 Å². The molecule has 1 heterocycles. The summed E-state index contributed by atoms with van der Waals surface area (Å²) < 4.78 is 0. The van der Waals surface area contributed by atoms with E-state index in [9.17, 15) is 4.79 Å². The molecule has 0 amide bonds. The van der Waals surface area contributed by atoms with E-state index in [1.165, 1.54) is 0 Å². The fourth-order valence-electron chi connectivity index (χ4n) is 2.10. The van der Waals surface area contributed by atoms with E-state index in [-0.39, 0.29) is 0 Å². The lowest BCUT2D eigenvalue weighted by molar-refractivity contribution is 0.0691. The molecule has 2 rings (SSSR count). The predicted molar refractivity (Wildman–Crippen MR) is 54.5 cm³/mol. The zero-order chi connectivity index (χ0) is 10.1. The summed E-state index contributed by atoms with van der Waals surface area (Å²) in [6.07, 6.45) is 5.86. The number of aromatic amines is 1. The summed E-state index contributed by atoms with van der Waals surface area (Å²) >= 11 is 0. The van der Waals surface area contributed by atoms with E-state index >= 15 is 0 Å². The van der Waals surface area contributed by atoms with Gasteiger partial charge in [-0.3, -0.25) is 0 Å². The Kier molecular flexibility index (Phi) is 2.15. The molecule has 3 heteroatoms. The van der Waals surface area contributed by atoms with E-state index in [1.807, 2.05) is 0 Å². The van der Waals surface area contributed by atoms with Gasteiger partial charge >= 0.3 is 5.97 Å². The van der Waals surface area contributed by atoms with Crippen LogP contribution in [0.25, 0.3) is 6.08 Å². The molecular weight excluding hydrogens is 178 g/mol. The van der Waals surface area contributed by atoms with E-state index in [1.54, 1.807) is 6.08 Å². The Morgan fingerprint density at radius 2 is 2.14 bits per heavy atom. The van der Waals surface area contributed by atoms with E-state index in [0.29, 0.717) is 5.69 Å². The lowest BCUT2D eigenvalue weighted by atomic mass is 9.94. The Balaban J connectivity index is 2.57. The highest BCUT2D eigenvalue weighted by Gasteiger charge is 2.21. The van der Waals surface area contributed by atoms with Crippen molar-refractivity contribution in [3.8, 4) is 0 Å². The molecule has 0 saturated heterocycles. The van der Waals surface area contributed by atoms with Gasteiger partial charge in [-0.25, -0.2) is 4.79 Å². The summed E-state index contributed by atoms with van der Waals surface area (Å²) in [6, 6.07) is 0. The Morgan fingerprint density at radius 3 is 2.79 bits per heavy atom. The van der Waals surface area contributed by atoms with Crippen molar-refractivity contribution in [3.63, 3.8) is 0 Å². The summed E-state index contributed by atoms with van der Waals surface area (Å²) in [6.45, 7) is 3.67. The molecule has 0 aliphatic heterocycles. The summed E-state index contributed by atoms with van der Waals surface area (Å²) in [5.41, 5.74) is 3.33. The normalized spacial score (nSPS) is 14.9. The summed E-state index contributed by atoms with van der Waals surface area (Å²) in [5.74, 6) is -0.894. The zero-order valence-electron chi connectivity index (χ0n) is 7.97. The van der Waals surface area contributed by atoms with Crippen molar-refractivity contribution in [1.82, 2.24) is 4.98 Å². The first kappa shape index (κ1) is 9.06. The number of aryl methyl sites for hydroxylation is 1. The van der Waals surface area contributed by atoms with Gasteiger partial charge in [-0.15, -0.1) is 0 Å². The Labute approximate surface area is 82.5 Å². The lowest BCUT2D eigenvalue weighted by Crippen LogP contribution is -2.00. The maximum Gasteiger partial charge on any atom is 0.352 e. The first-order valence-electron chi connectivity index (χ1n) is 4.83.